The molecular weight excluding hydrogens is 869 g/mol. The van der Waals surface area contributed by atoms with Gasteiger partial charge in [-0.1, -0.05) is 0 Å². The van der Waals surface area contributed by atoms with Gasteiger partial charge < -0.3 is 76.2 Å². The Labute approximate surface area is 392 Å². The molecule has 0 spiro atoms. The number of nitrogen functional groups attached to an aromatic ring is 4. The molecule has 10 N–H and O–H groups in total. The van der Waals surface area contributed by atoms with Gasteiger partial charge in [0.1, 0.15) is 11.6 Å². The molecule has 4 aromatic rings. The van der Waals surface area contributed by atoms with Gasteiger partial charge in [0.05, 0.1) is 68.1 Å². The highest BCUT2D eigenvalue weighted by Gasteiger charge is 2.18. The van der Waals surface area contributed by atoms with Gasteiger partial charge in [0.25, 0.3) is 0 Å². The molecule has 21 heteroatoms. The molecule has 0 fully saturated rings. The lowest BCUT2D eigenvalue weighted by atomic mass is 10.1. The number of anilines is 4. The van der Waals surface area contributed by atoms with Gasteiger partial charge in [-0.3, -0.25) is 9.59 Å². The van der Waals surface area contributed by atoms with Crippen molar-refractivity contribution in [2.45, 2.75) is 64.2 Å². The molecule has 0 saturated heterocycles. The summed E-state index contributed by atoms with van der Waals surface area (Å²) in [4.78, 5) is 40.7. The largest absolute Gasteiger partial charge is 0.493 e. The first-order valence-corrected chi connectivity index (χ1v) is 22.3. The van der Waals surface area contributed by atoms with Crippen LogP contribution in [0.4, 0.5) is 23.5 Å². The van der Waals surface area contributed by atoms with Gasteiger partial charge in [0.15, 0.2) is 23.0 Å². The molecule has 2 amide bonds. The van der Waals surface area contributed by atoms with E-state index in [4.69, 9.17) is 65.6 Å². The number of nitrogens with one attached hydrogen (secondary N) is 2. The molecule has 21 nitrogen and oxygen atoms in total. The number of hydrogen-bond acceptors (Lipinski definition) is 19. The third kappa shape index (κ3) is 19.0. The van der Waals surface area contributed by atoms with E-state index in [-0.39, 0.29) is 23.7 Å². The second-order valence-corrected chi connectivity index (χ2v) is 15.1. The zero-order chi connectivity index (χ0) is 48.2. The second kappa shape index (κ2) is 29.9. The molecule has 67 heavy (non-hydrogen) atoms. The van der Waals surface area contributed by atoms with Crippen LogP contribution in [-0.4, -0.2) is 126 Å². The lowest BCUT2D eigenvalue weighted by molar-refractivity contribution is -0.122. The number of hydrogen-bond donors (Lipinski definition) is 6. The summed E-state index contributed by atoms with van der Waals surface area (Å²) in [6.45, 7) is 4.63. The Hall–Kier alpha value is -6.58. The minimum absolute atomic E-state index is 0.0208. The average Bonchev–Trinajstić information content (AvgIpc) is 3.31. The number of amides is 2. The first-order valence-electron chi connectivity index (χ1n) is 22.3. The molecule has 0 saturated carbocycles. The fourth-order valence-electron chi connectivity index (χ4n) is 6.58. The Bertz CT molecular complexity index is 1930. The highest BCUT2D eigenvalue weighted by atomic mass is 16.6. The van der Waals surface area contributed by atoms with Crippen molar-refractivity contribution >= 4 is 35.3 Å². The van der Waals surface area contributed by atoms with E-state index in [1.54, 1.807) is 40.8 Å². The molecule has 0 bridgehead atoms. The normalized spacial score (nSPS) is 10.9. The first-order chi connectivity index (χ1) is 32.5. The van der Waals surface area contributed by atoms with E-state index in [1.807, 2.05) is 24.3 Å². The zero-order valence-corrected chi connectivity index (χ0v) is 39.2. The average molecular weight is 937 g/mol. The van der Waals surface area contributed by atoms with E-state index in [0.717, 1.165) is 22.3 Å². The molecular formula is C46H68N10O11. The standard InChI is InChI=1S/C46H68N10O11/c1-59-35-25-31(23-33-29-53-45(49)55-43(33)47)26-36(60-2)41(35)66-17-7-5-11-39(57)51-13-9-15-63-19-21-65-22-20-64-16-10-14-52-40(58)12-6-8-18-67-42-37(61-3)27-32(28-38(42)62-4)24-34-30-54-46(50)56-44(34)48/h25-30H,5-24H2,1-4H3,(H,51,57)(H,52,58)(H4,47,49,53,55)(H4,48,50,54,56). The SMILES string of the molecule is COc1cc(Cc2cnc(N)nc2N)cc(OC)c1OCCCCC(=O)NCCCOCCOCCOCCCNC(=O)CCCCOc1c(OC)cc(Cc2cnc(N)nc2N)cc1OC. The van der Waals surface area contributed by atoms with E-state index in [0.29, 0.717) is 176 Å². The van der Waals surface area contributed by atoms with E-state index >= 15 is 0 Å². The van der Waals surface area contributed by atoms with Crippen LogP contribution in [0.25, 0.3) is 0 Å². The fourth-order valence-corrected chi connectivity index (χ4v) is 6.58. The maximum absolute atomic E-state index is 12.3. The van der Waals surface area contributed by atoms with Crippen molar-refractivity contribution in [1.29, 1.82) is 0 Å². The Kier molecular flexibility index (Phi) is 23.6. The van der Waals surface area contributed by atoms with Gasteiger partial charge in [0, 0.05) is 75.5 Å². The Morgan fingerprint density at radius 2 is 0.851 bits per heavy atom. The summed E-state index contributed by atoms with van der Waals surface area (Å²) in [5, 5.41) is 5.85. The molecule has 2 aromatic heterocycles. The third-order valence-electron chi connectivity index (χ3n) is 10.1. The first kappa shape index (κ1) is 53.0. The van der Waals surface area contributed by atoms with Gasteiger partial charge in [-0.05, 0) is 73.9 Å². The molecule has 0 radical (unpaired) electrons. The van der Waals surface area contributed by atoms with Crippen molar-refractivity contribution in [2.24, 2.45) is 0 Å². The van der Waals surface area contributed by atoms with E-state index < -0.39 is 0 Å². The molecule has 0 aliphatic carbocycles. The van der Waals surface area contributed by atoms with Crippen LogP contribution in [0.5, 0.6) is 34.5 Å². The molecule has 0 aliphatic heterocycles. The van der Waals surface area contributed by atoms with Gasteiger partial charge in [-0.15, -0.1) is 0 Å². The number of rotatable bonds is 34. The Balaban J connectivity index is 0.927. The number of nitrogens with zero attached hydrogens (tertiary/aromatic N) is 4. The van der Waals surface area contributed by atoms with Crippen LogP contribution in [0.3, 0.4) is 0 Å². The quantitative estimate of drug-likeness (QED) is 0.0364. The molecule has 0 aliphatic rings. The summed E-state index contributed by atoms with van der Waals surface area (Å²) in [5.41, 5.74) is 26.4. The van der Waals surface area contributed by atoms with E-state index in [1.165, 1.54) is 0 Å². The number of carbonyl (C=O) groups excluding carboxylic acids is 2. The van der Waals surface area contributed by atoms with Crippen molar-refractivity contribution in [2.75, 3.05) is 117 Å². The number of aromatic nitrogens is 4. The second-order valence-electron chi connectivity index (χ2n) is 15.1. The summed E-state index contributed by atoms with van der Waals surface area (Å²) >= 11 is 0. The minimum atomic E-state index is -0.0208. The van der Waals surface area contributed by atoms with E-state index in [9.17, 15) is 9.59 Å². The van der Waals surface area contributed by atoms with Crippen molar-refractivity contribution in [3.05, 3.63) is 58.9 Å². The Morgan fingerprint density at radius 3 is 1.19 bits per heavy atom. The maximum Gasteiger partial charge on any atom is 0.221 e. The van der Waals surface area contributed by atoms with Gasteiger partial charge >= 0.3 is 0 Å². The Morgan fingerprint density at radius 1 is 0.493 bits per heavy atom. The van der Waals surface area contributed by atoms with Crippen LogP contribution >= 0.6 is 0 Å². The van der Waals surface area contributed by atoms with Crippen LogP contribution in [0, 0.1) is 0 Å². The number of ether oxygens (including phenoxy) is 9. The zero-order valence-electron chi connectivity index (χ0n) is 39.2. The fraction of sp³-hybridized carbons (Fsp3) is 0.522. The monoisotopic (exact) mass is 937 g/mol. The molecule has 4 rings (SSSR count). The molecule has 368 valence electrons. The molecule has 2 heterocycles. The van der Waals surface area contributed by atoms with Crippen LogP contribution in [0.15, 0.2) is 36.7 Å². The van der Waals surface area contributed by atoms with Crippen LogP contribution in [0.2, 0.25) is 0 Å². The molecule has 2 aromatic carbocycles. The molecule has 0 unspecified atom stereocenters. The summed E-state index contributed by atoms with van der Waals surface area (Å²) in [7, 11) is 6.24. The summed E-state index contributed by atoms with van der Waals surface area (Å²) in [6.07, 6.45) is 8.92. The van der Waals surface area contributed by atoms with Gasteiger partial charge in [0.2, 0.25) is 35.2 Å². The number of nitrogens with two attached hydrogens (primary N) is 4. The predicted molar refractivity (Wildman–Crippen MR) is 253 cm³/mol. The van der Waals surface area contributed by atoms with Crippen LogP contribution in [0.1, 0.15) is 73.6 Å². The van der Waals surface area contributed by atoms with Crippen molar-refractivity contribution < 1.29 is 52.2 Å². The van der Waals surface area contributed by atoms with Gasteiger partial charge in [-0.25, -0.2) is 9.97 Å². The number of benzene rings is 2. The lowest BCUT2D eigenvalue weighted by Gasteiger charge is -2.16. The summed E-state index contributed by atoms with van der Waals surface area (Å²) in [6, 6.07) is 7.41. The van der Waals surface area contributed by atoms with Crippen molar-refractivity contribution in [1.82, 2.24) is 30.6 Å². The smallest absolute Gasteiger partial charge is 0.221 e. The van der Waals surface area contributed by atoms with Crippen LogP contribution < -0.4 is 62.0 Å². The third-order valence-corrected chi connectivity index (χ3v) is 10.1. The lowest BCUT2D eigenvalue weighted by Crippen LogP contribution is -2.25. The summed E-state index contributed by atoms with van der Waals surface area (Å²) < 4.78 is 51.1. The predicted octanol–water partition coefficient (Wildman–Crippen LogP) is 3.67. The number of unbranched alkanes of at least 4 members (excludes halogenated alkanes) is 2. The van der Waals surface area contributed by atoms with E-state index in [2.05, 4.69) is 30.6 Å². The minimum Gasteiger partial charge on any atom is -0.493 e. The number of methoxy groups -OCH3 is 4. The maximum atomic E-state index is 12.3. The number of carbonyl (C=O) groups is 2. The summed E-state index contributed by atoms with van der Waals surface area (Å²) in [5.74, 6) is 3.86. The van der Waals surface area contributed by atoms with Crippen LogP contribution in [-0.2, 0) is 36.6 Å². The van der Waals surface area contributed by atoms with Crippen molar-refractivity contribution in [3.63, 3.8) is 0 Å². The van der Waals surface area contributed by atoms with Crippen molar-refractivity contribution in [3.8, 4) is 34.5 Å². The topological polar surface area (TPSA) is 297 Å². The highest BCUT2D eigenvalue weighted by molar-refractivity contribution is 5.76. The molecule has 0 atom stereocenters. The highest BCUT2D eigenvalue weighted by Crippen LogP contribution is 2.40. The van der Waals surface area contributed by atoms with Gasteiger partial charge in [-0.2, -0.15) is 9.97 Å².